The van der Waals surface area contributed by atoms with Gasteiger partial charge in [-0.25, -0.2) is 9.97 Å². The first-order chi connectivity index (χ1) is 16.1. The number of ether oxygens (including phenoxy) is 2. The molecule has 4 aromatic rings. The van der Waals surface area contributed by atoms with E-state index in [0.717, 1.165) is 28.1 Å². The zero-order valence-electron chi connectivity index (χ0n) is 18.2. The number of hydrogen-bond acceptors (Lipinski definition) is 7. The molecule has 9 heteroatoms. The summed E-state index contributed by atoms with van der Waals surface area (Å²) in [6.07, 6.45) is 2.98. The van der Waals surface area contributed by atoms with Crippen LogP contribution in [0.3, 0.4) is 0 Å². The molecule has 2 aromatic carbocycles. The average molecular weight is 463 g/mol. The van der Waals surface area contributed by atoms with Gasteiger partial charge < -0.3 is 25.1 Å². The van der Waals surface area contributed by atoms with Gasteiger partial charge in [-0.15, -0.1) is 0 Å². The van der Waals surface area contributed by atoms with Crippen LogP contribution in [0.1, 0.15) is 34.4 Å². The van der Waals surface area contributed by atoms with Crippen molar-refractivity contribution in [3.63, 3.8) is 0 Å². The minimum Gasteiger partial charge on any atom is -0.495 e. The minimum atomic E-state index is -0.391. The van der Waals surface area contributed by atoms with Gasteiger partial charge in [-0.3, -0.25) is 0 Å². The lowest BCUT2D eigenvalue weighted by molar-refractivity contribution is 0.0588. The zero-order chi connectivity index (χ0) is 22.9. The first kappa shape index (κ1) is 21.2. The summed E-state index contributed by atoms with van der Waals surface area (Å²) in [6.45, 7) is 0.461. The maximum absolute atomic E-state index is 6.43. The standard InChI is InChI=1S/C24H23ClN6O2/c1-27-23-20-21(29-24(26)30-23)16(14-6-4-3-5-7-14)12-33-22(20)15-8-9-17(18(10-15)32-2)31-11-19(25)28-13-31/h3-11,13,16,22H,12H2,1-2H3,(H3,26,27,29,30). The lowest BCUT2D eigenvalue weighted by Crippen LogP contribution is -2.26. The van der Waals surface area contributed by atoms with Crippen LogP contribution in [0.25, 0.3) is 5.69 Å². The summed E-state index contributed by atoms with van der Waals surface area (Å²) in [5, 5.41) is 3.58. The molecule has 1 aliphatic rings. The number of hydrogen-bond donors (Lipinski definition) is 2. The molecule has 0 saturated heterocycles. The van der Waals surface area contributed by atoms with Crippen molar-refractivity contribution in [3.8, 4) is 11.4 Å². The summed E-state index contributed by atoms with van der Waals surface area (Å²) in [4.78, 5) is 13.2. The van der Waals surface area contributed by atoms with Crippen molar-refractivity contribution in [2.75, 3.05) is 31.8 Å². The van der Waals surface area contributed by atoms with E-state index < -0.39 is 6.10 Å². The predicted molar refractivity (Wildman–Crippen MR) is 127 cm³/mol. The summed E-state index contributed by atoms with van der Waals surface area (Å²) in [7, 11) is 3.45. The molecule has 3 heterocycles. The lowest BCUT2D eigenvalue weighted by atomic mass is 9.87. The second-order valence-electron chi connectivity index (χ2n) is 7.69. The number of methoxy groups -OCH3 is 1. The van der Waals surface area contributed by atoms with E-state index >= 15 is 0 Å². The highest BCUT2D eigenvalue weighted by atomic mass is 35.5. The maximum atomic E-state index is 6.43. The Balaban J connectivity index is 1.62. The quantitative estimate of drug-likeness (QED) is 0.458. The summed E-state index contributed by atoms with van der Waals surface area (Å²) in [5.41, 5.74) is 10.6. The van der Waals surface area contributed by atoms with Gasteiger partial charge in [0.2, 0.25) is 5.95 Å². The normalized spacial score (nSPS) is 17.4. The summed E-state index contributed by atoms with van der Waals surface area (Å²) < 4.78 is 13.9. The van der Waals surface area contributed by atoms with Crippen LogP contribution in [-0.2, 0) is 4.74 Å². The maximum Gasteiger partial charge on any atom is 0.222 e. The van der Waals surface area contributed by atoms with Crippen molar-refractivity contribution in [3.05, 3.63) is 88.6 Å². The number of benzene rings is 2. The fraction of sp³-hybridized carbons (Fsp3) is 0.208. The smallest absolute Gasteiger partial charge is 0.222 e. The molecular weight excluding hydrogens is 440 g/mol. The van der Waals surface area contributed by atoms with Crippen LogP contribution < -0.4 is 15.8 Å². The Bertz CT molecular complexity index is 1290. The molecule has 3 N–H and O–H groups in total. The van der Waals surface area contributed by atoms with E-state index in [1.807, 2.05) is 48.0 Å². The van der Waals surface area contributed by atoms with Gasteiger partial charge in [0.15, 0.2) is 0 Å². The van der Waals surface area contributed by atoms with E-state index in [-0.39, 0.29) is 11.9 Å². The Hall–Kier alpha value is -3.62. The number of nitrogens with zero attached hydrogens (tertiary/aromatic N) is 4. The molecule has 1 aliphatic heterocycles. The van der Waals surface area contributed by atoms with Crippen LogP contribution in [0, 0.1) is 0 Å². The fourth-order valence-electron chi connectivity index (χ4n) is 4.28. The summed E-state index contributed by atoms with van der Waals surface area (Å²) in [5.74, 6) is 1.49. The third-order valence-electron chi connectivity index (χ3n) is 5.79. The number of nitrogen functional groups attached to an aromatic ring is 1. The molecule has 2 unspecified atom stereocenters. The van der Waals surface area contributed by atoms with Gasteiger partial charge >= 0.3 is 0 Å². The van der Waals surface area contributed by atoms with E-state index in [9.17, 15) is 0 Å². The minimum absolute atomic E-state index is 0.0518. The Morgan fingerprint density at radius 3 is 2.67 bits per heavy atom. The van der Waals surface area contributed by atoms with Gasteiger partial charge in [-0.2, -0.15) is 4.98 Å². The van der Waals surface area contributed by atoms with Crippen LogP contribution in [0.5, 0.6) is 5.75 Å². The van der Waals surface area contributed by atoms with Crippen LogP contribution in [-0.4, -0.2) is 40.3 Å². The highest BCUT2D eigenvalue weighted by molar-refractivity contribution is 6.29. The molecule has 0 amide bonds. The molecule has 168 valence electrons. The third kappa shape index (κ3) is 3.88. The Morgan fingerprint density at radius 1 is 1.15 bits per heavy atom. The number of halogens is 1. The Labute approximate surface area is 196 Å². The molecule has 33 heavy (non-hydrogen) atoms. The third-order valence-corrected chi connectivity index (χ3v) is 5.98. The van der Waals surface area contributed by atoms with Crippen molar-refractivity contribution < 1.29 is 9.47 Å². The highest BCUT2D eigenvalue weighted by Crippen LogP contribution is 2.44. The summed E-state index contributed by atoms with van der Waals surface area (Å²) >= 11 is 6.00. The first-order valence-electron chi connectivity index (χ1n) is 10.5. The second-order valence-corrected chi connectivity index (χ2v) is 8.08. The van der Waals surface area contributed by atoms with E-state index in [0.29, 0.717) is 23.3 Å². The van der Waals surface area contributed by atoms with Crippen LogP contribution in [0.4, 0.5) is 11.8 Å². The molecule has 0 radical (unpaired) electrons. The molecule has 0 bridgehead atoms. The van der Waals surface area contributed by atoms with Gasteiger partial charge in [0.05, 0.1) is 36.6 Å². The number of nitrogens with two attached hydrogens (primary N) is 1. The van der Waals surface area contributed by atoms with Crippen LogP contribution in [0.15, 0.2) is 61.1 Å². The molecule has 0 aliphatic carbocycles. The largest absolute Gasteiger partial charge is 0.495 e. The SMILES string of the molecule is CNc1nc(N)nc2c1C(c1ccc(-n3cnc(Cl)c3)c(OC)c1)OCC2c1ccccc1. The van der Waals surface area contributed by atoms with Crippen molar-refractivity contribution in [2.24, 2.45) is 0 Å². The van der Waals surface area contributed by atoms with Gasteiger partial charge in [-0.05, 0) is 23.3 Å². The monoisotopic (exact) mass is 462 g/mol. The van der Waals surface area contributed by atoms with Crippen molar-refractivity contribution >= 4 is 23.4 Å². The van der Waals surface area contributed by atoms with Crippen LogP contribution in [0.2, 0.25) is 5.15 Å². The second kappa shape index (κ2) is 8.73. The Kier molecular flexibility index (Phi) is 5.62. The van der Waals surface area contributed by atoms with Crippen molar-refractivity contribution in [1.82, 2.24) is 19.5 Å². The van der Waals surface area contributed by atoms with Crippen molar-refractivity contribution in [2.45, 2.75) is 12.0 Å². The molecular formula is C24H23ClN6O2. The lowest BCUT2D eigenvalue weighted by Gasteiger charge is -2.33. The molecule has 2 aromatic heterocycles. The van der Waals surface area contributed by atoms with Gasteiger partial charge in [0.1, 0.15) is 29.2 Å². The fourth-order valence-corrected chi connectivity index (χ4v) is 4.43. The van der Waals surface area contributed by atoms with E-state index in [1.54, 1.807) is 19.6 Å². The van der Waals surface area contributed by atoms with Gasteiger partial charge in [0, 0.05) is 13.2 Å². The van der Waals surface area contributed by atoms with E-state index in [2.05, 4.69) is 32.4 Å². The van der Waals surface area contributed by atoms with Gasteiger partial charge in [-0.1, -0.05) is 48.0 Å². The number of rotatable bonds is 5. The van der Waals surface area contributed by atoms with Crippen molar-refractivity contribution in [1.29, 1.82) is 0 Å². The summed E-state index contributed by atoms with van der Waals surface area (Å²) in [6, 6.07) is 16.1. The molecule has 0 fully saturated rings. The van der Waals surface area contributed by atoms with E-state index in [1.165, 1.54) is 0 Å². The van der Waals surface area contributed by atoms with Crippen LogP contribution >= 0.6 is 11.6 Å². The molecule has 0 saturated carbocycles. The molecule has 5 rings (SSSR count). The van der Waals surface area contributed by atoms with Gasteiger partial charge in [0.25, 0.3) is 0 Å². The highest BCUT2D eigenvalue weighted by Gasteiger charge is 2.35. The Morgan fingerprint density at radius 2 is 1.97 bits per heavy atom. The van der Waals surface area contributed by atoms with E-state index in [4.69, 9.17) is 26.8 Å². The molecule has 0 spiro atoms. The number of nitrogens with one attached hydrogen (secondary N) is 1. The predicted octanol–water partition coefficient (Wildman–Crippen LogP) is 4.20. The zero-order valence-corrected chi connectivity index (χ0v) is 19.0. The number of aromatic nitrogens is 4. The number of fused-ring (bicyclic) bond motifs is 1. The number of imidazole rings is 1. The molecule has 2 atom stereocenters. The topological polar surface area (TPSA) is 100 Å². The first-order valence-corrected chi connectivity index (χ1v) is 10.9. The molecule has 8 nitrogen and oxygen atoms in total. The average Bonchev–Trinajstić information content (AvgIpc) is 3.28. The number of anilines is 2.